The third-order valence-corrected chi connectivity index (χ3v) is 13.0. The highest BCUT2D eigenvalue weighted by Gasteiger charge is 2.64. The molecule has 14 nitrogen and oxygen atoms in total. The van der Waals surface area contributed by atoms with Crippen molar-refractivity contribution in [3.05, 3.63) is 94.3 Å². The van der Waals surface area contributed by atoms with E-state index < -0.39 is 71.4 Å². The number of likely N-dealkylation sites (N-methyl/N-ethyl adjacent to an activating group) is 1. The first-order valence-electron chi connectivity index (χ1n) is 18.0. The van der Waals surface area contributed by atoms with Gasteiger partial charge in [0.1, 0.15) is 22.8 Å². The summed E-state index contributed by atoms with van der Waals surface area (Å²) in [7, 11) is 2.97. The lowest BCUT2D eigenvalue weighted by Gasteiger charge is -2.50. The Morgan fingerprint density at radius 3 is 2.16 bits per heavy atom. The van der Waals surface area contributed by atoms with Gasteiger partial charge in [0.2, 0.25) is 5.78 Å². The number of nitrogens with zero attached hydrogens (tertiary/aromatic N) is 2. The van der Waals surface area contributed by atoms with Gasteiger partial charge < -0.3 is 45.4 Å². The minimum Gasteiger partial charge on any atom is -0.508 e. The number of hydrogen-bond acceptors (Lipinski definition) is 13. The van der Waals surface area contributed by atoms with Crippen LogP contribution in [0.5, 0.6) is 5.75 Å². The highest BCUT2D eigenvalue weighted by molar-refractivity contribution is 7.54. The zero-order chi connectivity index (χ0) is 40.1. The van der Waals surface area contributed by atoms with Gasteiger partial charge in [-0.1, -0.05) is 42.5 Å². The van der Waals surface area contributed by atoms with Crippen LogP contribution in [0.3, 0.4) is 0 Å². The lowest BCUT2D eigenvalue weighted by molar-refractivity contribution is -0.153. The molecule has 0 saturated heterocycles. The Morgan fingerprint density at radius 1 is 1.00 bits per heavy atom. The molecule has 1 fully saturated rings. The monoisotopic (exact) mass is 774 g/mol. The number of ketones is 2. The van der Waals surface area contributed by atoms with Gasteiger partial charge in [0.25, 0.3) is 5.91 Å². The summed E-state index contributed by atoms with van der Waals surface area (Å²) < 4.78 is 25.6. The lowest BCUT2D eigenvalue weighted by atomic mass is 9.57. The molecule has 5 unspecified atom stereocenters. The van der Waals surface area contributed by atoms with Gasteiger partial charge in [0.05, 0.1) is 24.8 Å². The van der Waals surface area contributed by atoms with Crippen molar-refractivity contribution in [3.8, 4) is 16.9 Å². The molecule has 0 spiro atoms. The second-order valence-electron chi connectivity index (χ2n) is 14.4. The summed E-state index contributed by atoms with van der Waals surface area (Å²) in [6.07, 6.45) is 0.125. The topological polar surface area (TPSA) is 212 Å². The highest BCUT2D eigenvalue weighted by atomic mass is 31.2. The Hall–Kier alpha value is -4.98. The Bertz CT molecular complexity index is 2140. The first kappa shape index (κ1) is 39.7. The van der Waals surface area contributed by atoms with Crippen LogP contribution in [-0.2, 0) is 34.4 Å². The summed E-state index contributed by atoms with van der Waals surface area (Å²) >= 11 is 0. The van der Waals surface area contributed by atoms with Crippen molar-refractivity contribution < 1.29 is 48.4 Å². The van der Waals surface area contributed by atoms with Crippen molar-refractivity contribution in [2.45, 2.75) is 44.1 Å². The third-order valence-electron chi connectivity index (χ3n) is 10.7. The number of aliphatic hydroxyl groups excluding tert-OH is 2. The van der Waals surface area contributed by atoms with E-state index in [-0.39, 0.29) is 42.9 Å². The number of phenolic OH excluding ortho intramolecular Hbond substituents is 1. The van der Waals surface area contributed by atoms with Gasteiger partial charge in [-0.2, -0.15) is 0 Å². The molecule has 3 aromatic rings. The number of nitrogens with one attached hydrogen (secondary N) is 1. The van der Waals surface area contributed by atoms with Gasteiger partial charge in [-0.25, -0.2) is 0 Å². The molecule has 3 aromatic carbocycles. The fourth-order valence-electron chi connectivity index (χ4n) is 8.34. The van der Waals surface area contributed by atoms with E-state index >= 15 is 0 Å². The molecule has 0 bridgehead atoms. The normalized spacial score (nSPS) is 22.9. The molecule has 5 atom stereocenters. The van der Waals surface area contributed by atoms with Crippen LogP contribution in [-0.4, -0.2) is 95.8 Å². The standard InChI is InChI=1S/C40H47N4O10P/c1-7-53-55(52,54-8-2)39(42-24-12-10-9-11-13-24)22-16-14-21(15-17-22)25-20-28(43(3)4)26-18-23-19-27-32(44(5)6)35(47)31(38(41)50)37(49)40(27,51)36(48)29(23)34(46)30(26)33(25)45/h9-17,20,23,27,32,39,42,45-46,49,51H,7-8,18-19H2,1-6H3,(H2,41,50). The van der Waals surface area contributed by atoms with Crippen LogP contribution in [0.4, 0.5) is 11.4 Å². The van der Waals surface area contributed by atoms with Crippen LogP contribution in [0.25, 0.3) is 16.9 Å². The summed E-state index contributed by atoms with van der Waals surface area (Å²) in [6.45, 7) is 3.76. The van der Waals surface area contributed by atoms with Crippen LogP contribution in [0.15, 0.2) is 77.6 Å². The van der Waals surface area contributed by atoms with Gasteiger partial charge in [-0.15, -0.1) is 0 Å². The molecule has 55 heavy (non-hydrogen) atoms. The molecule has 6 rings (SSSR count). The number of benzene rings is 3. The molecule has 1 saturated carbocycles. The zero-order valence-corrected chi connectivity index (χ0v) is 32.5. The van der Waals surface area contributed by atoms with Crippen molar-refractivity contribution in [2.75, 3.05) is 51.6 Å². The molecule has 15 heteroatoms. The maximum Gasteiger partial charge on any atom is 0.357 e. The second-order valence-corrected chi connectivity index (χ2v) is 16.5. The van der Waals surface area contributed by atoms with Crippen molar-refractivity contribution in [3.63, 3.8) is 0 Å². The van der Waals surface area contributed by atoms with Crippen molar-refractivity contribution in [1.29, 1.82) is 0 Å². The number of para-hydroxylation sites is 1. The maximum absolute atomic E-state index is 14.4. The Balaban J connectivity index is 1.48. The summed E-state index contributed by atoms with van der Waals surface area (Å²) in [5.41, 5.74) is 4.85. The number of rotatable bonds is 12. The number of amides is 1. The number of primary amides is 1. The number of Topliss-reactive ketones (excluding diaryl/α,β-unsaturated/α-hetero) is 2. The van der Waals surface area contributed by atoms with Crippen LogP contribution < -0.4 is 16.0 Å². The second kappa shape index (κ2) is 14.9. The summed E-state index contributed by atoms with van der Waals surface area (Å²) in [5.74, 6) is -8.05. The predicted octanol–water partition coefficient (Wildman–Crippen LogP) is 5.07. The molecule has 292 valence electrons. The molecule has 0 radical (unpaired) electrons. The molecule has 1 amide bonds. The quantitative estimate of drug-likeness (QED) is 0.105. The fraction of sp³-hybridized carbons (Fsp3) is 0.375. The maximum atomic E-state index is 14.4. The van der Waals surface area contributed by atoms with Crippen molar-refractivity contribution in [1.82, 2.24) is 4.90 Å². The molecule has 3 aliphatic rings. The largest absolute Gasteiger partial charge is 0.508 e. The van der Waals surface area contributed by atoms with Gasteiger partial charge >= 0.3 is 7.60 Å². The summed E-state index contributed by atoms with van der Waals surface area (Å²) in [5, 5.41) is 50.4. The molecular formula is C40H47N4O10P. The number of carbonyl (C=O) groups excluding carboxylic acids is 3. The van der Waals surface area contributed by atoms with E-state index in [0.29, 0.717) is 33.6 Å². The fourth-order valence-corrected chi connectivity index (χ4v) is 10.3. The van der Waals surface area contributed by atoms with Crippen molar-refractivity contribution in [2.24, 2.45) is 17.6 Å². The number of aliphatic hydroxyl groups is 3. The predicted molar refractivity (Wildman–Crippen MR) is 208 cm³/mol. The molecular weight excluding hydrogens is 727 g/mol. The third kappa shape index (κ3) is 6.51. The zero-order valence-electron chi connectivity index (χ0n) is 31.6. The molecule has 3 aliphatic carbocycles. The van der Waals surface area contributed by atoms with E-state index in [1.807, 2.05) is 35.2 Å². The number of aromatic hydroxyl groups is 1. The molecule has 0 heterocycles. The van der Waals surface area contributed by atoms with E-state index in [1.54, 1.807) is 72.4 Å². The number of phenols is 1. The summed E-state index contributed by atoms with van der Waals surface area (Å²) in [6, 6.07) is 16.7. The average molecular weight is 775 g/mol. The van der Waals surface area contributed by atoms with Crippen LogP contribution >= 0.6 is 7.60 Å². The molecule has 0 aliphatic heterocycles. The van der Waals surface area contributed by atoms with Gasteiger partial charge in [-0.05, 0) is 81.6 Å². The van der Waals surface area contributed by atoms with E-state index in [1.165, 1.54) is 4.90 Å². The van der Waals surface area contributed by atoms with Crippen molar-refractivity contribution >= 4 is 42.2 Å². The number of anilines is 2. The SMILES string of the molecule is CCOP(=O)(OCC)C(Nc1ccccc1)c1ccc(-c2cc(N(C)C)c3c(c2O)C(O)=C2C(=O)C4(O)C(O)=C(C(N)=O)C(=O)C(N(C)C)C4CC2C3)cc1. The summed E-state index contributed by atoms with van der Waals surface area (Å²) in [4.78, 5) is 43.5. The van der Waals surface area contributed by atoms with Gasteiger partial charge in [-0.3, -0.25) is 23.8 Å². The Morgan fingerprint density at radius 2 is 1.62 bits per heavy atom. The average Bonchev–Trinajstić information content (AvgIpc) is 3.12. The van der Waals surface area contributed by atoms with E-state index in [0.717, 1.165) is 0 Å². The minimum absolute atomic E-state index is 0.0197. The number of fused-ring (bicyclic) bond motifs is 3. The first-order chi connectivity index (χ1) is 26.0. The van der Waals surface area contributed by atoms with E-state index in [9.17, 15) is 39.4 Å². The van der Waals surface area contributed by atoms with E-state index in [2.05, 4.69) is 5.32 Å². The van der Waals surface area contributed by atoms with Crippen LogP contribution in [0.1, 0.15) is 42.7 Å². The lowest BCUT2D eigenvalue weighted by Crippen LogP contribution is -2.65. The van der Waals surface area contributed by atoms with Crippen LogP contribution in [0.2, 0.25) is 0 Å². The Kier molecular flexibility index (Phi) is 10.8. The number of carbonyl (C=O) groups is 3. The number of hydrogen-bond donors (Lipinski definition) is 6. The minimum atomic E-state index is -3.75. The Labute approximate surface area is 319 Å². The smallest absolute Gasteiger partial charge is 0.357 e. The van der Waals surface area contributed by atoms with Crippen LogP contribution in [0, 0.1) is 11.8 Å². The van der Waals surface area contributed by atoms with E-state index in [4.69, 9.17) is 14.8 Å². The van der Waals surface area contributed by atoms with Gasteiger partial charge in [0, 0.05) is 42.5 Å². The number of nitrogens with two attached hydrogens (primary N) is 1. The highest BCUT2D eigenvalue weighted by Crippen LogP contribution is 2.61. The molecule has 0 aromatic heterocycles. The van der Waals surface area contributed by atoms with Gasteiger partial charge in [0.15, 0.2) is 17.2 Å². The first-order valence-corrected chi connectivity index (χ1v) is 19.6. The molecule has 7 N–H and O–H groups in total.